The summed E-state index contributed by atoms with van der Waals surface area (Å²) in [4.78, 5) is 0. The highest BCUT2D eigenvalue weighted by Gasteiger charge is 2.31. The van der Waals surface area contributed by atoms with Gasteiger partial charge in [0.05, 0.1) is 0 Å². The van der Waals surface area contributed by atoms with Crippen LogP contribution in [-0.4, -0.2) is 12.6 Å². The van der Waals surface area contributed by atoms with Crippen LogP contribution in [0.1, 0.15) is 45.1 Å². The fraction of sp³-hybridized carbons (Fsp3) is 0.625. The van der Waals surface area contributed by atoms with Crippen molar-refractivity contribution in [2.75, 3.05) is 6.54 Å². The van der Waals surface area contributed by atoms with Crippen molar-refractivity contribution < 1.29 is 0 Å². The van der Waals surface area contributed by atoms with Crippen LogP contribution in [0.3, 0.4) is 0 Å². The Bertz CT molecular complexity index is 329. The molecule has 94 valence electrons. The highest BCUT2D eigenvalue weighted by atomic mass is 14.9. The second-order valence-corrected chi connectivity index (χ2v) is 5.98. The summed E-state index contributed by atoms with van der Waals surface area (Å²) in [7, 11) is 0. The van der Waals surface area contributed by atoms with Crippen molar-refractivity contribution in [1.29, 1.82) is 0 Å². The first-order chi connectivity index (χ1) is 8.18. The van der Waals surface area contributed by atoms with Crippen molar-refractivity contribution in [3.63, 3.8) is 0 Å². The fourth-order valence-electron chi connectivity index (χ4n) is 2.91. The van der Waals surface area contributed by atoms with Crippen LogP contribution in [0.15, 0.2) is 30.3 Å². The van der Waals surface area contributed by atoms with Crippen molar-refractivity contribution in [3.05, 3.63) is 35.9 Å². The lowest BCUT2D eigenvalue weighted by atomic mass is 9.73. The van der Waals surface area contributed by atoms with E-state index < -0.39 is 0 Å². The molecule has 1 aliphatic rings. The zero-order valence-electron chi connectivity index (χ0n) is 11.2. The minimum absolute atomic E-state index is 0.481. The van der Waals surface area contributed by atoms with Gasteiger partial charge in [0.15, 0.2) is 0 Å². The topological polar surface area (TPSA) is 12.0 Å². The molecule has 17 heavy (non-hydrogen) atoms. The molecule has 0 aromatic heterocycles. The standard InChI is InChI=1S/C16H25N/c1-16(2)12-7-6-10-15(16)17-13-11-14-8-4-3-5-9-14/h3-5,8-9,15,17H,6-7,10-13H2,1-2H3. The fourth-order valence-corrected chi connectivity index (χ4v) is 2.91. The number of rotatable bonds is 4. The van der Waals surface area contributed by atoms with Crippen LogP contribution in [0.25, 0.3) is 0 Å². The van der Waals surface area contributed by atoms with Crippen molar-refractivity contribution in [1.82, 2.24) is 5.32 Å². The lowest BCUT2D eigenvalue weighted by molar-refractivity contribution is 0.169. The third kappa shape index (κ3) is 3.57. The van der Waals surface area contributed by atoms with Gasteiger partial charge in [-0.25, -0.2) is 0 Å². The van der Waals surface area contributed by atoms with Crippen molar-refractivity contribution in [2.24, 2.45) is 5.41 Å². The lowest BCUT2D eigenvalue weighted by Gasteiger charge is -2.39. The first-order valence-electron chi connectivity index (χ1n) is 6.96. The summed E-state index contributed by atoms with van der Waals surface area (Å²) < 4.78 is 0. The second-order valence-electron chi connectivity index (χ2n) is 5.98. The molecule has 1 aromatic rings. The highest BCUT2D eigenvalue weighted by Crippen LogP contribution is 2.35. The molecule has 1 fully saturated rings. The molecular weight excluding hydrogens is 206 g/mol. The summed E-state index contributed by atoms with van der Waals surface area (Å²) in [5, 5.41) is 3.76. The van der Waals surface area contributed by atoms with E-state index in [2.05, 4.69) is 49.5 Å². The third-order valence-electron chi connectivity index (χ3n) is 4.15. The molecule has 0 heterocycles. The zero-order valence-corrected chi connectivity index (χ0v) is 11.2. The van der Waals surface area contributed by atoms with Crippen LogP contribution in [0.2, 0.25) is 0 Å². The number of benzene rings is 1. The summed E-state index contributed by atoms with van der Waals surface area (Å²) >= 11 is 0. The largest absolute Gasteiger partial charge is 0.313 e. The number of hydrogen-bond donors (Lipinski definition) is 1. The van der Waals surface area contributed by atoms with Crippen LogP contribution < -0.4 is 5.32 Å². The van der Waals surface area contributed by atoms with Gasteiger partial charge in [0.25, 0.3) is 0 Å². The molecule has 0 spiro atoms. The van der Waals surface area contributed by atoms with Gasteiger partial charge in [0.2, 0.25) is 0 Å². The van der Waals surface area contributed by atoms with Gasteiger partial charge in [-0.1, -0.05) is 57.0 Å². The summed E-state index contributed by atoms with van der Waals surface area (Å²) in [6.07, 6.45) is 6.67. The summed E-state index contributed by atoms with van der Waals surface area (Å²) in [6, 6.07) is 11.5. The third-order valence-corrected chi connectivity index (χ3v) is 4.15. The predicted molar refractivity (Wildman–Crippen MR) is 74.2 cm³/mol. The first-order valence-corrected chi connectivity index (χ1v) is 6.96. The summed E-state index contributed by atoms with van der Waals surface area (Å²) in [5.41, 5.74) is 1.92. The Morgan fingerprint density at radius 3 is 2.65 bits per heavy atom. The summed E-state index contributed by atoms with van der Waals surface area (Å²) in [5.74, 6) is 0. The molecule has 0 radical (unpaired) electrons. The van der Waals surface area contributed by atoms with E-state index in [1.807, 2.05) is 0 Å². The van der Waals surface area contributed by atoms with E-state index in [1.165, 1.54) is 31.2 Å². The first kappa shape index (κ1) is 12.6. The highest BCUT2D eigenvalue weighted by molar-refractivity contribution is 5.14. The quantitative estimate of drug-likeness (QED) is 0.831. The molecule has 0 bridgehead atoms. The average Bonchev–Trinajstić information content (AvgIpc) is 2.32. The molecular formula is C16H25N. The molecule has 2 rings (SSSR count). The second kappa shape index (κ2) is 5.68. The Morgan fingerprint density at radius 2 is 1.94 bits per heavy atom. The van der Waals surface area contributed by atoms with Crippen LogP contribution in [0, 0.1) is 5.41 Å². The van der Waals surface area contributed by atoms with Gasteiger partial charge in [-0.05, 0) is 36.8 Å². The lowest BCUT2D eigenvalue weighted by Crippen LogP contribution is -2.44. The van der Waals surface area contributed by atoms with Crippen LogP contribution >= 0.6 is 0 Å². The van der Waals surface area contributed by atoms with Gasteiger partial charge in [-0.2, -0.15) is 0 Å². The smallest absolute Gasteiger partial charge is 0.0118 e. The zero-order chi connectivity index (χ0) is 12.1. The van der Waals surface area contributed by atoms with Crippen molar-refractivity contribution in [2.45, 2.75) is 52.0 Å². The van der Waals surface area contributed by atoms with E-state index >= 15 is 0 Å². The van der Waals surface area contributed by atoms with Crippen molar-refractivity contribution in [3.8, 4) is 0 Å². The Kier molecular flexibility index (Phi) is 4.22. The molecule has 1 saturated carbocycles. The number of nitrogens with one attached hydrogen (secondary N) is 1. The van der Waals surface area contributed by atoms with Gasteiger partial charge >= 0.3 is 0 Å². The maximum atomic E-state index is 3.76. The molecule has 1 heteroatoms. The van der Waals surface area contributed by atoms with E-state index in [9.17, 15) is 0 Å². The Morgan fingerprint density at radius 1 is 1.18 bits per heavy atom. The van der Waals surface area contributed by atoms with Gasteiger partial charge in [0, 0.05) is 6.04 Å². The van der Waals surface area contributed by atoms with Gasteiger partial charge in [-0.15, -0.1) is 0 Å². The SMILES string of the molecule is CC1(C)CCCCC1NCCc1ccccc1. The summed E-state index contributed by atoms with van der Waals surface area (Å²) in [6.45, 7) is 5.93. The molecule has 0 aliphatic heterocycles. The Hall–Kier alpha value is -0.820. The van der Waals surface area contributed by atoms with E-state index in [-0.39, 0.29) is 0 Å². The predicted octanol–water partition coefficient (Wildman–Crippen LogP) is 3.79. The van der Waals surface area contributed by atoms with E-state index in [4.69, 9.17) is 0 Å². The van der Waals surface area contributed by atoms with Crippen LogP contribution in [0.4, 0.5) is 0 Å². The molecule has 1 nitrogen and oxygen atoms in total. The van der Waals surface area contributed by atoms with Crippen LogP contribution in [-0.2, 0) is 6.42 Å². The van der Waals surface area contributed by atoms with Crippen molar-refractivity contribution >= 4 is 0 Å². The molecule has 1 N–H and O–H groups in total. The minimum atomic E-state index is 0.481. The normalized spacial score (nSPS) is 23.5. The average molecular weight is 231 g/mol. The molecule has 1 aliphatic carbocycles. The molecule has 1 unspecified atom stereocenters. The molecule has 1 atom stereocenters. The van der Waals surface area contributed by atoms with Gasteiger partial charge < -0.3 is 5.32 Å². The monoisotopic (exact) mass is 231 g/mol. The maximum absolute atomic E-state index is 3.76. The number of hydrogen-bond acceptors (Lipinski definition) is 1. The Balaban J connectivity index is 1.78. The Labute approximate surface area is 106 Å². The minimum Gasteiger partial charge on any atom is -0.313 e. The van der Waals surface area contributed by atoms with E-state index in [0.717, 1.165) is 13.0 Å². The maximum Gasteiger partial charge on any atom is 0.0118 e. The van der Waals surface area contributed by atoms with E-state index in [0.29, 0.717) is 11.5 Å². The molecule has 0 saturated heterocycles. The molecule has 1 aromatic carbocycles. The van der Waals surface area contributed by atoms with Crippen LogP contribution in [0.5, 0.6) is 0 Å². The molecule has 0 amide bonds. The van der Waals surface area contributed by atoms with E-state index in [1.54, 1.807) is 0 Å². The van der Waals surface area contributed by atoms with Gasteiger partial charge in [-0.3, -0.25) is 0 Å². The van der Waals surface area contributed by atoms with Gasteiger partial charge in [0.1, 0.15) is 0 Å².